The van der Waals surface area contributed by atoms with Crippen molar-refractivity contribution in [3.05, 3.63) is 38.3 Å². The molecule has 178 valence electrons. The number of anilines is 2. The second-order valence-corrected chi connectivity index (χ2v) is 15.2. The van der Waals surface area contributed by atoms with Crippen molar-refractivity contribution < 1.29 is 9.47 Å². The van der Waals surface area contributed by atoms with Gasteiger partial charge in [0.05, 0.1) is 6.20 Å². The maximum atomic E-state index is 13.4. The lowest BCUT2D eigenvalue weighted by Gasteiger charge is -2.22. The molecule has 33 heavy (non-hydrogen) atoms. The van der Waals surface area contributed by atoms with Gasteiger partial charge in [0.25, 0.3) is 5.56 Å². The predicted molar refractivity (Wildman–Crippen MR) is 128 cm³/mol. The lowest BCUT2D eigenvalue weighted by Crippen LogP contribution is -2.31. The van der Waals surface area contributed by atoms with Crippen LogP contribution in [0.3, 0.4) is 0 Å². The number of aromatic nitrogens is 6. The summed E-state index contributed by atoms with van der Waals surface area (Å²) in [5, 5.41) is 8.94. The Balaban J connectivity index is 1.69. The molecule has 0 saturated carbocycles. The number of nitrogens with one attached hydrogen (secondary N) is 2. The quantitative estimate of drug-likeness (QED) is 0.362. The van der Waals surface area contributed by atoms with Gasteiger partial charge in [-0.15, -0.1) is 0 Å². The van der Waals surface area contributed by atoms with Crippen LogP contribution in [0.1, 0.15) is 18.9 Å². The molecule has 4 rings (SSSR count). The summed E-state index contributed by atoms with van der Waals surface area (Å²) in [6.45, 7) is 8.73. The number of aromatic amines is 1. The molecule has 1 aliphatic heterocycles. The number of rotatable bonds is 8. The van der Waals surface area contributed by atoms with E-state index < -0.39 is 13.6 Å². The molecule has 0 amide bonds. The molecule has 0 radical (unpaired) electrons. The van der Waals surface area contributed by atoms with Gasteiger partial charge >= 0.3 is 5.69 Å². The lowest BCUT2D eigenvalue weighted by molar-refractivity contribution is 0.0669. The van der Waals surface area contributed by atoms with Crippen LogP contribution >= 0.6 is 11.6 Å². The monoisotopic (exact) mass is 493 g/mol. The van der Waals surface area contributed by atoms with Gasteiger partial charge in [0.1, 0.15) is 17.9 Å². The van der Waals surface area contributed by atoms with E-state index in [1.807, 2.05) is 0 Å². The lowest BCUT2D eigenvalue weighted by atomic mass is 10.1. The molecular formula is C20H28ClN7O4Si. The van der Waals surface area contributed by atoms with Crippen molar-refractivity contribution in [2.75, 3.05) is 25.1 Å². The third kappa shape index (κ3) is 5.51. The normalized spacial score (nSPS) is 15.3. The summed E-state index contributed by atoms with van der Waals surface area (Å²) in [5.41, 5.74) is 0.560. The summed E-state index contributed by atoms with van der Waals surface area (Å²) in [7, 11) is -1.24. The van der Waals surface area contributed by atoms with Crippen LogP contribution in [-0.2, 0) is 16.2 Å². The first kappa shape index (κ1) is 23.6. The minimum atomic E-state index is -1.24. The number of ether oxygens (including phenoxy) is 2. The van der Waals surface area contributed by atoms with E-state index in [2.05, 4.69) is 45.1 Å². The first-order valence-electron chi connectivity index (χ1n) is 10.9. The molecule has 1 saturated heterocycles. The molecule has 0 atom stereocenters. The van der Waals surface area contributed by atoms with E-state index in [0.717, 1.165) is 6.04 Å². The average Bonchev–Trinajstić information content (AvgIpc) is 3.04. The second-order valence-electron chi connectivity index (χ2n) is 9.23. The van der Waals surface area contributed by atoms with Crippen molar-refractivity contribution in [2.45, 2.75) is 51.3 Å². The van der Waals surface area contributed by atoms with Crippen LogP contribution in [0, 0.1) is 0 Å². The summed E-state index contributed by atoms with van der Waals surface area (Å²) in [4.78, 5) is 34.3. The molecule has 0 aromatic carbocycles. The van der Waals surface area contributed by atoms with Crippen LogP contribution < -0.4 is 16.6 Å². The Hall–Kier alpha value is -2.54. The first-order valence-corrected chi connectivity index (χ1v) is 15.0. The Bertz CT molecular complexity index is 1240. The Morgan fingerprint density at radius 1 is 1.30 bits per heavy atom. The van der Waals surface area contributed by atoms with Gasteiger partial charge in [-0.1, -0.05) is 31.2 Å². The molecule has 4 heterocycles. The van der Waals surface area contributed by atoms with Crippen molar-refractivity contribution in [3.8, 4) is 0 Å². The van der Waals surface area contributed by atoms with E-state index >= 15 is 0 Å². The highest BCUT2D eigenvalue weighted by molar-refractivity contribution is 6.76. The van der Waals surface area contributed by atoms with Gasteiger partial charge in [-0.05, 0) is 18.9 Å². The Morgan fingerprint density at radius 3 is 2.79 bits per heavy atom. The molecule has 2 N–H and O–H groups in total. The molecule has 3 aromatic rings. The molecule has 11 nitrogen and oxygen atoms in total. The van der Waals surface area contributed by atoms with Crippen molar-refractivity contribution >= 4 is 42.5 Å². The smallest absolute Gasteiger partial charge is 0.332 e. The van der Waals surface area contributed by atoms with Crippen molar-refractivity contribution in [1.29, 1.82) is 0 Å². The maximum Gasteiger partial charge on any atom is 0.332 e. The van der Waals surface area contributed by atoms with E-state index in [-0.39, 0.29) is 35.3 Å². The van der Waals surface area contributed by atoms with E-state index in [1.165, 1.54) is 6.07 Å². The van der Waals surface area contributed by atoms with Gasteiger partial charge in [0.2, 0.25) is 5.95 Å². The molecule has 0 spiro atoms. The first-order chi connectivity index (χ1) is 15.7. The topological polar surface area (TPSA) is 129 Å². The van der Waals surface area contributed by atoms with Crippen LogP contribution in [-0.4, -0.2) is 57.2 Å². The average molecular weight is 494 g/mol. The molecule has 1 fully saturated rings. The van der Waals surface area contributed by atoms with E-state index in [9.17, 15) is 9.59 Å². The molecule has 0 unspecified atom stereocenters. The van der Waals surface area contributed by atoms with E-state index in [4.69, 9.17) is 21.1 Å². The molecule has 13 heteroatoms. The Labute approximate surface area is 196 Å². The number of nitrogens with zero attached hydrogens (tertiary/aromatic N) is 5. The highest BCUT2D eigenvalue weighted by Crippen LogP contribution is 2.24. The number of hydrogen-bond acceptors (Lipinski definition) is 8. The number of fused-ring (bicyclic) bond motifs is 1. The third-order valence-electron chi connectivity index (χ3n) is 5.50. The second kappa shape index (κ2) is 9.75. The van der Waals surface area contributed by atoms with Gasteiger partial charge < -0.3 is 14.8 Å². The third-order valence-corrected chi connectivity index (χ3v) is 7.40. The zero-order valence-corrected chi connectivity index (χ0v) is 20.7. The summed E-state index contributed by atoms with van der Waals surface area (Å²) in [5.74, 6) is 0.174. The van der Waals surface area contributed by atoms with Crippen LogP contribution in [0.25, 0.3) is 11.2 Å². The summed E-state index contributed by atoms with van der Waals surface area (Å²) >= 11 is 5.88. The fourth-order valence-electron chi connectivity index (χ4n) is 3.64. The van der Waals surface area contributed by atoms with Crippen molar-refractivity contribution in [2.24, 2.45) is 0 Å². The largest absolute Gasteiger partial charge is 0.381 e. The highest BCUT2D eigenvalue weighted by Gasteiger charge is 2.25. The number of H-pyrrole nitrogens is 1. The number of imidazole rings is 1. The number of hydrogen-bond donors (Lipinski definition) is 2. The molecule has 3 aromatic heterocycles. The van der Waals surface area contributed by atoms with Gasteiger partial charge in [0.15, 0.2) is 10.8 Å². The zero-order chi connectivity index (χ0) is 23.6. The SMILES string of the molecule is C[Si](C)(C)CCOCn1c(=O)n(C2CCOCC2)c2nc(Nc3cc(Cl)n[nH]c3=O)ncc21. The summed E-state index contributed by atoms with van der Waals surface area (Å²) < 4.78 is 14.6. The van der Waals surface area contributed by atoms with Crippen molar-refractivity contribution in [3.63, 3.8) is 0 Å². The van der Waals surface area contributed by atoms with Crippen LogP contribution in [0.4, 0.5) is 11.6 Å². The van der Waals surface area contributed by atoms with Crippen molar-refractivity contribution in [1.82, 2.24) is 29.3 Å². The highest BCUT2D eigenvalue weighted by atomic mass is 35.5. The maximum absolute atomic E-state index is 13.4. The minimum absolute atomic E-state index is 0.0431. The summed E-state index contributed by atoms with van der Waals surface area (Å²) in [6.07, 6.45) is 2.99. The van der Waals surface area contributed by atoms with Crippen LogP contribution in [0.2, 0.25) is 30.8 Å². The minimum Gasteiger partial charge on any atom is -0.381 e. The molecule has 1 aliphatic rings. The van der Waals surface area contributed by atoms with Crippen LogP contribution in [0.15, 0.2) is 21.9 Å². The summed E-state index contributed by atoms with van der Waals surface area (Å²) in [6, 6.07) is 2.35. The number of halogens is 1. The van der Waals surface area contributed by atoms with E-state index in [1.54, 1.807) is 15.3 Å². The fraction of sp³-hybridized carbons (Fsp3) is 0.550. The molecular weight excluding hydrogens is 466 g/mol. The Kier molecular flexibility index (Phi) is 6.98. The molecule has 0 aliphatic carbocycles. The molecule has 0 bridgehead atoms. The van der Waals surface area contributed by atoms with Crippen LogP contribution in [0.5, 0.6) is 0 Å². The Morgan fingerprint density at radius 2 is 2.06 bits per heavy atom. The zero-order valence-electron chi connectivity index (χ0n) is 18.9. The van der Waals surface area contributed by atoms with Gasteiger partial charge in [-0.25, -0.2) is 14.9 Å². The van der Waals surface area contributed by atoms with Gasteiger partial charge in [-0.3, -0.25) is 13.9 Å². The standard InChI is InChI=1S/C20H28ClN7O4Si/c1-33(2,3)9-8-32-12-27-15-11-22-19(23-14-10-16(21)25-26-18(14)29)24-17(15)28(20(27)30)13-4-6-31-7-5-13/h10-11,13H,4-9,12H2,1-3H3,(H,26,29)(H,22,23,24,25). The van der Waals surface area contributed by atoms with E-state index in [0.29, 0.717) is 43.8 Å². The van der Waals surface area contributed by atoms with Gasteiger partial charge in [0, 0.05) is 40.0 Å². The van der Waals surface area contributed by atoms with Gasteiger partial charge in [-0.2, -0.15) is 10.1 Å². The predicted octanol–water partition coefficient (Wildman–Crippen LogP) is 2.74. The fourth-order valence-corrected chi connectivity index (χ4v) is 4.55.